The van der Waals surface area contributed by atoms with E-state index in [9.17, 15) is 0 Å². The van der Waals surface area contributed by atoms with Crippen molar-refractivity contribution in [3.63, 3.8) is 0 Å². The van der Waals surface area contributed by atoms with Crippen LogP contribution < -0.4 is 0 Å². The van der Waals surface area contributed by atoms with Crippen molar-refractivity contribution in [3.05, 3.63) is 38.8 Å². The van der Waals surface area contributed by atoms with Gasteiger partial charge in [0.2, 0.25) is 0 Å². The molecule has 0 N–H and O–H groups in total. The predicted octanol–water partition coefficient (Wildman–Crippen LogP) is 4.96. The highest BCUT2D eigenvalue weighted by Gasteiger charge is 2.06. The van der Waals surface area contributed by atoms with Crippen molar-refractivity contribution in [3.8, 4) is 10.6 Å². The van der Waals surface area contributed by atoms with E-state index in [1.54, 1.807) is 11.3 Å². The first-order valence-corrected chi connectivity index (χ1v) is 6.75. The van der Waals surface area contributed by atoms with Gasteiger partial charge in [0, 0.05) is 15.4 Å². The lowest BCUT2D eigenvalue weighted by Crippen LogP contribution is -1.80. The van der Waals surface area contributed by atoms with E-state index in [4.69, 9.17) is 23.2 Å². The van der Waals surface area contributed by atoms with Crippen molar-refractivity contribution in [2.45, 2.75) is 5.88 Å². The molecule has 1 heterocycles. The molecule has 0 aliphatic rings. The Kier molecular flexibility index (Phi) is 3.67. The Balaban J connectivity index is 2.40. The van der Waals surface area contributed by atoms with Gasteiger partial charge >= 0.3 is 0 Å². The zero-order valence-corrected chi connectivity index (χ0v) is 11.4. The minimum Gasteiger partial charge on any atom is -0.240 e. The maximum absolute atomic E-state index is 5.92. The second-order valence-electron chi connectivity index (χ2n) is 2.91. The van der Waals surface area contributed by atoms with Crippen LogP contribution in [0.1, 0.15) is 5.69 Å². The Bertz CT molecular complexity index is 484. The molecule has 5 heteroatoms. The number of halogens is 3. The van der Waals surface area contributed by atoms with Gasteiger partial charge in [0.1, 0.15) is 5.01 Å². The van der Waals surface area contributed by atoms with Crippen LogP contribution in [0.3, 0.4) is 0 Å². The molecule has 0 saturated heterocycles. The predicted molar refractivity (Wildman–Crippen MR) is 69.8 cm³/mol. The van der Waals surface area contributed by atoms with Crippen molar-refractivity contribution in [2.75, 3.05) is 0 Å². The van der Waals surface area contributed by atoms with Gasteiger partial charge in [0.05, 0.1) is 16.6 Å². The van der Waals surface area contributed by atoms with E-state index in [-0.39, 0.29) is 0 Å². The maximum Gasteiger partial charge on any atom is 0.123 e. The highest BCUT2D eigenvalue weighted by Crippen LogP contribution is 2.30. The van der Waals surface area contributed by atoms with Gasteiger partial charge < -0.3 is 0 Å². The first-order chi connectivity index (χ1) is 7.20. The van der Waals surface area contributed by atoms with Gasteiger partial charge in [-0.15, -0.1) is 22.9 Å². The Labute approximate surface area is 110 Å². The highest BCUT2D eigenvalue weighted by molar-refractivity contribution is 9.10. The summed E-state index contributed by atoms with van der Waals surface area (Å²) >= 11 is 16.6. The number of rotatable bonds is 2. The van der Waals surface area contributed by atoms with Gasteiger partial charge in [-0.25, -0.2) is 4.98 Å². The van der Waals surface area contributed by atoms with Crippen LogP contribution in [0.15, 0.2) is 28.1 Å². The number of alkyl halides is 1. The lowest BCUT2D eigenvalue weighted by atomic mass is 10.2. The fourth-order valence-electron chi connectivity index (χ4n) is 1.13. The van der Waals surface area contributed by atoms with E-state index in [0.29, 0.717) is 10.9 Å². The third kappa shape index (κ3) is 2.53. The molecule has 1 nitrogen and oxygen atoms in total. The van der Waals surface area contributed by atoms with Gasteiger partial charge in [0.15, 0.2) is 0 Å². The summed E-state index contributed by atoms with van der Waals surface area (Å²) < 4.78 is 0.879. The average molecular weight is 323 g/mol. The van der Waals surface area contributed by atoms with Crippen molar-refractivity contribution in [1.29, 1.82) is 0 Å². The molecular formula is C10H6BrCl2NS. The van der Waals surface area contributed by atoms with Crippen LogP contribution in [-0.2, 0) is 5.88 Å². The fraction of sp³-hybridized carbons (Fsp3) is 0.100. The summed E-state index contributed by atoms with van der Waals surface area (Å²) in [6.45, 7) is 0. The molecule has 2 aromatic rings. The first-order valence-electron chi connectivity index (χ1n) is 4.16. The summed E-state index contributed by atoms with van der Waals surface area (Å²) in [6.07, 6.45) is 0. The Morgan fingerprint density at radius 3 is 2.80 bits per heavy atom. The van der Waals surface area contributed by atoms with Gasteiger partial charge in [-0.1, -0.05) is 17.7 Å². The lowest BCUT2D eigenvalue weighted by molar-refractivity contribution is 1.23. The van der Waals surface area contributed by atoms with Gasteiger partial charge in [-0.05, 0) is 28.1 Å². The molecule has 0 unspecified atom stereocenters. The molecule has 1 aromatic heterocycles. The number of nitrogens with zero attached hydrogens (tertiary/aromatic N) is 1. The first kappa shape index (κ1) is 11.4. The number of aromatic nitrogens is 1. The zero-order chi connectivity index (χ0) is 10.8. The van der Waals surface area contributed by atoms with E-state index in [1.807, 2.05) is 23.6 Å². The van der Waals surface area contributed by atoms with Crippen molar-refractivity contribution >= 4 is 50.5 Å². The van der Waals surface area contributed by atoms with Crippen molar-refractivity contribution in [1.82, 2.24) is 4.98 Å². The molecule has 2 rings (SSSR count). The number of hydrogen-bond donors (Lipinski definition) is 0. The Morgan fingerprint density at radius 2 is 2.20 bits per heavy atom. The SMILES string of the molecule is ClCc1csc(-c2ccc(Cl)c(Br)c2)n1. The fourth-order valence-corrected chi connectivity index (χ4v) is 2.67. The van der Waals surface area contributed by atoms with Crippen LogP contribution in [0.2, 0.25) is 5.02 Å². The summed E-state index contributed by atoms with van der Waals surface area (Å²) in [7, 11) is 0. The smallest absolute Gasteiger partial charge is 0.123 e. The van der Waals surface area contributed by atoms with E-state index in [0.717, 1.165) is 20.7 Å². The number of benzene rings is 1. The standard InChI is InChI=1S/C10H6BrCl2NS/c11-8-3-6(1-2-9(8)13)10-14-7(4-12)5-15-10/h1-3,5H,4H2. The molecular weight excluding hydrogens is 317 g/mol. The highest BCUT2D eigenvalue weighted by atomic mass is 79.9. The van der Waals surface area contributed by atoms with Crippen LogP contribution in [0.5, 0.6) is 0 Å². The molecule has 15 heavy (non-hydrogen) atoms. The van der Waals surface area contributed by atoms with Gasteiger partial charge in [-0.3, -0.25) is 0 Å². The molecule has 0 amide bonds. The molecule has 0 bridgehead atoms. The van der Waals surface area contributed by atoms with Crippen molar-refractivity contribution < 1.29 is 0 Å². The molecule has 0 radical (unpaired) electrons. The molecule has 0 aliphatic carbocycles. The van der Waals surface area contributed by atoms with Gasteiger partial charge in [0.25, 0.3) is 0 Å². The summed E-state index contributed by atoms with van der Waals surface area (Å²) in [4.78, 5) is 4.39. The Hall–Kier alpha value is -0.0900. The summed E-state index contributed by atoms with van der Waals surface area (Å²) in [5, 5.41) is 3.63. The van der Waals surface area contributed by atoms with E-state index in [2.05, 4.69) is 20.9 Å². The largest absolute Gasteiger partial charge is 0.240 e. The normalized spacial score (nSPS) is 10.6. The van der Waals surface area contributed by atoms with E-state index in [1.165, 1.54) is 0 Å². The summed E-state index contributed by atoms with van der Waals surface area (Å²) in [6, 6.07) is 5.76. The quantitative estimate of drug-likeness (QED) is 0.712. The number of hydrogen-bond acceptors (Lipinski definition) is 2. The van der Waals surface area contributed by atoms with Crippen LogP contribution in [0, 0.1) is 0 Å². The summed E-state index contributed by atoms with van der Waals surface area (Å²) in [5.41, 5.74) is 1.95. The maximum atomic E-state index is 5.92. The monoisotopic (exact) mass is 321 g/mol. The summed E-state index contributed by atoms with van der Waals surface area (Å²) in [5.74, 6) is 0.450. The second kappa shape index (κ2) is 4.83. The zero-order valence-electron chi connectivity index (χ0n) is 7.51. The minimum atomic E-state index is 0.450. The third-order valence-corrected chi connectivity index (χ3v) is 4.28. The second-order valence-corrected chi connectivity index (χ2v) is 5.29. The third-order valence-electron chi connectivity index (χ3n) is 1.86. The minimum absolute atomic E-state index is 0.450. The average Bonchev–Trinajstić information content (AvgIpc) is 2.70. The topological polar surface area (TPSA) is 12.9 Å². The van der Waals surface area contributed by atoms with Crippen molar-refractivity contribution in [2.24, 2.45) is 0 Å². The molecule has 0 aliphatic heterocycles. The van der Waals surface area contributed by atoms with Crippen LogP contribution in [0.25, 0.3) is 10.6 Å². The van der Waals surface area contributed by atoms with Gasteiger partial charge in [-0.2, -0.15) is 0 Å². The molecule has 0 fully saturated rings. The lowest BCUT2D eigenvalue weighted by Gasteiger charge is -1.99. The number of thiazole rings is 1. The Morgan fingerprint density at radius 1 is 1.40 bits per heavy atom. The molecule has 0 saturated carbocycles. The molecule has 0 atom stereocenters. The van der Waals surface area contributed by atoms with E-state index < -0.39 is 0 Å². The van der Waals surface area contributed by atoms with Crippen LogP contribution >= 0.6 is 50.5 Å². The van der Waals surface area contributed by atoms with Crippen LogP contribution in [0.4, 0.5) is 0 Å². The molecule has 78 valence electrons. The van der Waals surface area contributed by atoms with Crippen LogP contribution in [-0.4, -0.2) is 4.98 Å². The molecule has 0 spiro atoms. The van der Waals surface area contributed by atoms with E-state index >= 15 is 0 Å². The molecule has 1 aromatic carbocycles.